The maximum Gasteiger partial charge on any atom is 0.410 e. The smallest absolute Gasteiger partial charge is 0.410 e. The van der Waals surface area contributed by atoms with Crippen LogP contribution in [0.25, 0.3) is 0 Å². The van der Waals surface area contributed by atoms with Crippen molar-refractivity contribution in [1.29, 1.82) is 0 Å². The fourth-order valence-electron chi connectivity index (χ4n) is 2.91. The number of rotatable bonds is 5. The average molecular weight is 399 g/mol. The van der Waals surface area contributed by atoms with Crippen LogP contribution in [0.3, 0.4) is 0 Å². The summed E-state index contributed by atoms with van der Waals surface area (Å²) in [5.41, 5.74) is -1.33. The number of aliphatic hydroxyl groups excluding tert-OH is 1. The molecule has 3 atom stereocenters. The average Bonchev–Trinajstić information content (AvgIpc) is 2.50. The maximum atomic E-state index is 12.7. The van der Waals surface area contributed by atoms with E-state index in [9.17, 15) is 19.5 Å². The van der Waals surface area contributed by atoms with Gasteiger partial charge < -0.3 is 24.8 Å². The second-order valence-electron chi connectivity index (χ2n) is 8.98. The summed E-state index contributed by atoms with van der Waals surface area (Å²) < 4.78 is 10.7. The van der Waals surface area contributed by atoms with Crippen molar-refractivity contribution in [1.82, 2.24) is 10.2 Å². The zero-order valence-corrected chi connectivity index (χ0v) is 17.7. The Kier molecular flexibility index (Phi) is 8.48. The number of carbonyl (C=O) groups excluding carboxylic acids is 3. The van der Waals surface area contributed by atoms with Gasteiger partial charge in [-0.25, -0.2) is 9.59 Å². The number of hydrogen-bond acceptors (Lipinski definition) is 6. The lowest BCUT2D eigenvalue weighted by atomic mass is 9.92. The van der Waals surface area contributed by atoms with Crippen LogP contribution in [-0.4, -0.2) is 64.4 Å². The molecule has 1 rings (SSSR count). The molecule has 2 amide bonds. The Hall–Kier alpha value is -2.09. The molecule has 1 saturated heterocycles. The highest BCUT2D eigenvalue weighted by Gasteiger charge is 2.39. The van der Waals surface area contributed by atoms with Gasteiger partial charge >= 0.3 is 12.2 Å². The third-order valence-corrected chi connectivity index (χ3v) is 4.02. The third kappa shape index (κ3) is 8.73. The number of carbonyl (C=O) groups is 3. The molecule has 0 saturated carbocycles. The Balaban J connectivity index is 2.87. The highest BCUT2D eigenvalue weighted by molar-refractivity contribution is 5.70. The van der Waals surface area contributed by atoms with Crippen LogP contribution in [0.5, 0.6) is 0 Å². The van der Waals surface area contributed by atoms with Gasteiger partial charge in [0, 0.05) is 12.6 Å². The summed E-state index contributed by atoms with van der Waals surface area (Å²) in [6, 6.07) is -0.929. The van der Waals surface area contributed by atoms with Gasteiger partial charge in [0.15, 0.2) is 0 Å². The van der Waals surface area contributed by atoms with E-state index in [1.807, 2.05) is 0 Å². The van der Waals surface area contributed by atoms with Gasteiger partial charge in [-0.3, -0.25) is 4.79 Å². The lowest BCUT2D eigenvalue weighted by Gasteiger charge is -2.42. The van der Waals surface area contributed by atoms with E-state index in [2.05, 4.69) is 5.32 Å². The predicted molar refractivity (Wildman–Crippen MR) is 105 cm³/mol. The van der Waals surface area contributed by atoms with Crippen LogP contribution >= 0.6 is 0 Å². The number of piperidine rings is 1. The Labute approximate surface area is 167 Å². The zero-order chi connectivity index (χ0) is 21.5. The second-order valence-corrected chi connectivity index (χ2v) is 8.98. The van der Waals surface area contributed by atoms with Crippen LogP contribution in [0.2, 0.25) is 0 Å². The summed E-state index contributed by atoms with van der Waals surface area (Å²) in [6.07, 6.45) is 3.29. The minimum atomic E-state index is -0.828. The number of nitrogens with zero attached hydrogens (tertiary/aromatic N) is 1. The quantitative estimate of drug-likeness (QED) is 0.545. The summed E-state index contributed by atoms with van der Waals surface area (Å²) in [7, 11) is 0. The van der Waals surface area contributed by atoms with Crippen molar-refractivity contribution in [3.8, 4) is 0 Å². The Morgan fingerprint density at radius 3 is 2.29 bits per heavy atom. The van der Waals surface area contributed by atoms with Crippen molar-refractivity contribution in [3.05, 3.63) is 12.2 Å². The molecule has 2 N–H and O–H groups in total. The SMILES string of the molecule is CC(C)(C)OC(=O)N[C@H]1CN(C(=O)OC(C)(C)C)[C@H](CC/C=C/C=O)C[C@H]1O. The van der Waals surface area contributed by atoms with Gasteiger partial charge in [-0.1, -0.05) is 6.08 Å². The molecule has 1 aliphatic rings. The lowest BCUT2D eigenvalue weighted by Crippen LogP contribution is -2.60. The summed E-state index contributed by atoms with van der Waals surface area (Å²) in [5, 5.41) is 13.1. The highest BCUT2D eigenvalue weighted by Crippen LogP contribution is 2.25. The summed E-state index contributed by atoms with van der Waals surface area (Å²) in [4.78, 5) is 36.7. The first-order valence-electron chi connectivity index (χ1n) is 9.60. The van der Waals surface area contributed by atoms with E-state index in [-0.39, 0.29) is 19.0 Å². The first-order valence-corrected chi connectivity index (χ1v) is 9.60. The fourth-order valence-corrected chi connectivity index (χ4v) is 2.91. The molecule has 28 heavy (non-hydrogen) atoms. The number of aliphatic hydroxyl groups is 1. The molecule has 160 valence electrons. The van der Waals surface area contributed by atoms with E-state index in [1.165, 1.54) is 11.0 Å². The Morgan fingerprint density at radius 1 is 1.14 bits per heavy atom. The van der Waals surface area contributed by atoms with E-state index in [1.54, 1.807) is 47.6 Å². The van der Waals surface area contributed by atoms with Crippen molar-refractivity contribution < 1.29 is 29.0 Å². The van der Waals surface area contributed by atoms with Gasteiger partial charge in [0.25, 0.3) is 0 Å². The lowest BCUT2D eigenvalue weighted by molar-refractivity contribution is -0.104. The van der Waals surface area contributed by atoms with E-state index in [0.29, 0.717) is 19.1 Å². The zero-order valence-electron chi connectivity index (χ0n) is 17.7. The largest absolute Gasteiger partial charge is 0.444 e. The second kappa shape index (κ2) is 9.91. The van der Waals surface area contributed by atoms with Gasteiger partial charge in [-0.05, 0) is 66.9 Å². The number of likely N-dealkylation sites (tertiary alicyclic amines) is 1. The monoisotopic (exact) mass is 398 g/mol. The number of allylic oxidation sites excluding steroid dienone is 2. The van der Waals surface area contributed by atoms with Crippen molar-refractivity contribution in [2.75, 3.05) is 6.54 Å². The predicted octanol–water partition coefficient (Wildman–Crippen LogP) is 2.79. The van der Waals surface area contributed by atoms with Gasteiger partial charge in [0.05, 0.1) is 12.1 Å². The molecule has 1 heterocycles. The van der Waals surface area contributed by atoms with Crippen molar-refractivity contribution in [2.24, 2.45) is 0 Å². The number of aldehydes is 1. The van der Waals surface area contributed by atoms with Gasteiger partial charge in [0.1, 0.15) is 17.5 Å². The molecule has 0 unspecified atom stereocenters. The van der Waals surface area contributed by atoms with Crippen LogP contribution in [-0.2, 0) is 14.3 Å². The number of alkyl carbamates (subject to hydrolysis) is 1. The van der Waals surface area contributed by atoms with Gasteiger partial charge in [-0.15, -0.1) is 0 Å². The Bertz CT molecular complexity index is 576. The van der Waals surface area contributed by atoms with Crippen LogP contribution in [0.15, 0.2) is 12.2 Å². The minimum Gasteiger partial charge on any atom is -0.444 e. The number of amides is 2. The number of nitrogens with one attached hydrogen (secondary N) is 1. The van der Waals surface area contributed by atoms with E-state index in [4.69, 9.17) is 9.47 Å². The molecule has 8 heteroatoms. The van der Waals surface area contributed by atoms with E-state index in [0.717, 1.165) is 0 Å². The molecule has 1 fully saturated rings. The first kappa shape index (κ1) is 23.9. The fraction of sp³-hybridized carbons (Fsp3) is 0.750. The summed E-state index contributed by atoms with van der Waals surface area (Å²) >= 11 is 0. The summed E-state index contributed by atoms with van der Waals surface area (Å²) in [5.74, 6) is 0. The van der Waals surface area contributed by atoms with E-state index < -0.39 is 35.5 Å². The van der Waals surface area contributed by atoms with Crippen LogP contribution in [0.1, 0.15) is 60.8 Å². The van der Waals surface area contributed by atoms with Crippen molar-refractivity contribution in [3.63, 3.8) is 0 Å². The maximum absolute atomic E-state index is 12.7. The molecule has 0 spiro atoms. The molecule has 1 aliphatic heterocycles. The molecule has 8 nitrogen and oxygen atoms in total. The van der Waals surface area contributed by atoms with Crippen LogP contribution in [0, 0.1) is 0 Å². The molecule has 0 aromatic heterocycles. The number of hydrogen-bond donors (Lipinski definition) is 2. The minimum absolute atomic E-state index is 0.109. The normalized spacial score (nSPS) is 23.4. The molecule has 0 aromatic carbocycles. The molecular weight excluding hydrogens is 364 g/mol. The number of ether oxygens (including phenoxy) is 2. The summed E-state index contributed by atoms with van der Waals surface area (Å²) in [6.45, 7) is 10.7. The van der Waals surface area contributed by atoms with Crippen LogP contribution in [0.4, 0.5) is 9.59 Å². The molecule has 0 radical (unpaired) electrons. The Morgan fingerprint density at radius 2 is 1.75 bits per heavy atom. The third-order valence-electron chi connectivity index (χ3n) is 4.02. The van der Waals surface area contributed by atoms with Crippen molar-refractivity contribution >= 4 is 18.5 Å². The van der Waals surface area contributed by atoms with Crippen LogP contribution < -0.4 is 5.32 Å². The molecular formula is C20H34N2O6. The highest BCUT2D eigenvalue weighted by atomic mass is 16.6. The molecule has 0 bridgehead atoms. The first-order chi connectivity index (χ1) is 12.8. The standard InChI is InChI=1S/C20H34N2O6/c1-19(2,3)27-17(25)21-15-13-22(18(26)28-20(4,5)6)14(12-16(15)24)10-8-7-9-11-23/h7,9,11,14-16,24H,8,10,12-13H2,1-6H3,(H,21,25)/b9-7+/t14-,15+,16-/m1/s1. The topological polar surface area (TPSA) is 105 Å². The van der Waals surface area contributed by atoms with Gasteiger partial charge in [-0.2, -0.15) is 0 Å². The van der Waals surface area contributed by atoms with Crippen molar-refractivity contribution in [2.45, 2.75) is 90.2 Å². The molecule has 0 aromatic rings. The molecule has 0 aliphatic carbocycles. The van der Waals surface area contributed by atoms with E-state index >= 15 is 0 Å². The van der Waals surface area contributed by atoms with Gasteiger partial charge in [0.2, 0.25) is 0 Å².